The molecule has 1 unspecified atom stereocenters. The van der Waals surface area contributed by atoms with Crippen LogP contribution in [-0.2, 0) is 9.59 Å². The van der Waals surface area contributed by atoms with Crippen LogP contribution < -0.4 is 10.6 Å². The Morgan fingerprint density at radius 1 is 1.44 bits per heavy atom. The lowest BCUT2D eigenvalue weighted by Gasteiger charge is -2.29. The van der Waals surface area contributed by atoms with E-state index < -0.39 is 11.6 Å². The molecule has 1 rings (SSSR count). The van der Waals surface area contributed by atoms with Crippen LogP contribution in [0.4, 0.5) is 4.79 Å². The monoisotopic (exact) mass is 227 g/mol. The van der Waals surface area contributed by atoms with E-state index in [0.29, 0.717) is 13.0 Å². The number of urea groups is 1. The quantitative estimate of drug-likeness (QED) is 0.655. The molecular formula is C10H17N3O3. The van der Waals surface area contributed by atoms with Crippen molar-refractivity contribution in [1.29, 1.82) is 0 Å². The standard InChI is InChI=1S/C10H17N3O3/c1-4-10(3)8(15)12-9(16)13(10)6-7(14)11-5-2/h4-6H2,1-3H3,(H,11,14)(H,12,15,16). The SMILES string of the molecule is CCNC(=O)CN1C(=O)NC(=O)C1(C)CC. The van der Waals surface area contributed by atoms with Crippen LogP contribution >= 0.6 is 0 Å². The smallest absolute Gasteiger partial charge is 0.325 e. The molecule has 0 aromatic carbocycles. The minimum absolute atomic E-state index is 0.0875. The predicted octanol–water partition coefficient (Wildman–Crippen LogP) is -0.157. The number of carbonyl (C=O) groups excluding carboxylic acids is 3. The average Bonchev–Trinajstić information content (AvgIpc) is 2.43. The highest BCUT2D eigenvalue weighted by atomic mass is 16.2. The molecule has 0 aliphatic carbocycles. The molecule has 1 saturated heterocycles. The summed E-state index contributed by atoms with van der Waals surface area (Å²) in [5.74, 6) is -0.601. The van der Waals surface area contributed by atoms with Gasteiger partial charge in [0, 0.05) is 6.54 Å². The van der Waals surface area contributed by atoms with Crippen molar-refractivity contribution in [3.63, 3.8) is 0 Å². The van der Waals surface area contributed by atoms with Crippen molar-refractivity contribution >= 4 is 17.8 Å². The summed E-state index contributed by atoms with van der Waals surface area (Å²) in [7, 11) is 0. The topological polar surface area (TPSA) is 78.5 Å². The van der Waals surface area contributed by atoms with Crippen molar-refractivity contribution in [2.45, 2.75) is 32.7 Å². The fourth-order valence-electron chi connectivity index (χ4n) is 1.64. The van der Waals surface area contributed by atoms with Crippen molar-refractivity contribution in [3.8, 4) is 0 Å². The second-order valence-electron chi connectivity index (χ2n) is 3.93. The van der Waals surface area contributed by atoms with Crippen molar-refractivity contribution in [3.05, 3.63) is 0 Å². The Morgan fingerprint density at radius 2 is 2.06 bits per heavy atom. The number of amides is 4. The summed E-state index contributed by atoms with van der Waals surface area (Å²) >= 11 is 0. The summed E-state index contributed by atoms with van der Waals surface area (Å²) in [6.45, 7) is 5.68. The van der Waals surface area contributed by atoms with Crippen LogP contribution in [0.25, 0.3) is 0 Å². The first-order valence-electron chi connectivity index (χ1n) is 5.35. The van der Waals surface area contributed by atoms with Gasteiger partial charge < -0.3 is 10.2 Å². The van der Waals surface area contributed by atoms with Gasteiger partial charge in [0.25, 0.3) is 5.91 Å². The second kappa shape index (κ2) is 4.51. The molecule has 0 bridgehead atoms. The van der Waals surface area contributed by atoms with Gasteiger partial charge in [-0.1, -0.05) is 6.92 Å². The predicted molar refractivity (Wildman–Crippen MR) is 57.6 cm³/mol. The van der Waals surface area contributed by atoms with E-state index in [1.807, 2.05) is 6.92 Å². The van der Waals surface area contributed by atoms with Crippen LogP contribution in [0.1, 0.15) is 27.2 Å². The maximum absolute atomic E-state index is 11.6. The molecule has 0 spiro atoms. The van der Waals surface area contributed by atoms with Crippen LogP contribution in [0, 0.1) is 0 Å². The summed E-state index contributed by atoms with van der Waals surface area (Å²) in [4.78, 5) is 35.8. The van der Waals surface area contributed by atoms with Gasteiger partial charge in [-0.2, -0.15) is 0 Å². The Balaban J connectivity index is 2.80. The number of imide groups is 1. The molecule has 2 N–H and O–H groups in total. The molecule has 90 valence electrons. The molecule has 6 heteroatoms. The summed E-state index contributed by atoms with van der Waals surface area (Å²) < 4.78 is 0. The average molecular weight is 227 g/mol. The van der Waals surface area contributed by atoms with Gasteiger partial charge in [-0.15, -0.1) is 0 Å². The normalized spacial score (nSPS) is 24.6. The molecule has 16 heavy (non-hydrogen) atoms. The molecule has 0 saturated carbocycles. The molecule has 4 amide bonds. The van der Waals surface area contributed by atoms with E-state index in [1.54, 1.807) is 13.8 Å². The van der Waals surface area contributed by atoms with E-state index in [9.17, 15) is 14.4 Å². The van der Waals surface area contributed by atoms with E-state index in [0.717, 1.165) is 0 Å². The molecule has 0 aromatic heterocycles. The lowest BCUT2D eigenvalue weighted by molar-refractivity contribution is -0.127. The number of nitrogens with zero attached hydrogens (tertiary/aromatic N) is 1. The zero-order chi connectivity index (χ0) is 12.3. The zero-order valence-corrected chi connectivity index (χ0v) is 9.79. The molecule has 1 aliphatic heterocycles. The number of rotatable bonds is 4. The lowest BCUT2D eigenvalue weighted by atomic mass is 9.97. The van der Waals surface area contributed by atoms with Gasteiger partial charge in [0.2, 0.25) is 5.91 Å². The largest absolute Gasteiger partial charge is 0.355 e. The first-order valence-corrected chi connectivity index (χ1v) is 5.35. The second-order valence-corrected chi connectivity index (χ2v) is 3.93. The lowest BCUT2D eigenvalue weighted by Crippen LogP contribution is -2.50. The highest BCUT2D eigenvalue weighted by Gasteiger charge is 2.48. The van der Waals surface area contributed by atoms with E-state index in [2.05, 4.69) is 10.6 Å². The Hall–Kier alpha value is -1.59. The van der Waals surface area contributed by atoms with E-state index in [-0.39, 0.29) is 18.4 Å². The molecule has 1 fully saturated rings. The minimum Gasteiger partial charge on any atom is -0.355 e. The molecule has 1 aliphatic rings. The molecular weight excluding hydrogens is 210 g/mol. The Bertz CT molecular complexity index is 329. The molecule has 0 aromatic rings. The summed E-state index contributed by atoms with van der Waals surface area (Å²) in [6.07, 6.45) is 0.476. The van der Waals surface area contributed by atoms with Gasteiger partial charge in [-0.3, -0.25) is 14.9 Å². The van der Waals surface area contributed by atoms with Crippen molar-refractivity contribution < 1.29 is 14.4 Å². The van der Waals surface area contributed by atoms with Gasteiger partial charge >= 0.3 is 6.03 Å². The summed E-state index contributed by atoms with van der Waals surface area (Å²) in [5, 5.41) is 4.82. The molecule has 6 nitrogen and oxygen atoms in total. The first kappa shape index (κ1) is 12.5. The van der Waals surface area contributed by atoms with E-state index >= 15 is 0 Å². The number of nitrogens with one attached hydrogen (secondary N) is 2. The number of hydrogen-bond donors (Lipinski definition) is 2. The highest BCUT2D eigenvalue weighted by molar-refractivity contribution is 6.07. The molecule has 1 atom stereocenters. The Morgan fingerprint density at radius 3 is 2.56 bits per heavy atom. The van der Waals surface area contributed by atoms with E-state index in [1.165, 1.54) is 4.90 Å². The van der Waals surface area contributed by atoms with Crippen LogP contribution in [-0.4, -0.2) is 41.4 Å². The minimum atomic E-state index is -0.915. The Labute approximate surface area is 94.4 Å². The van der Waals surface area contributed by atoms with Gasteiger partial charge in [0.1, 0.15) is 12.1 Å². The maximum atomic E-state index is 11.6. The maximum Gasteiger partial charge on any atom is 0.325 e. The van der Waals surface area contributed by atoms with Gasteiger partial charge in [-0.05, 0) is 20.3 Å². The summed E-state index contributed by atoms with van der Waals surface area (Å²) in [5.41, 5.74) is -0.915. The van der Waals surface area contributed by atoms with Crippen LogP contribution in [0.5, 0.6) is 0 Å². The number of carbonyl (C=O) groups is 3. The number of likely N-dealkylation sites (N-methyl/N-ethyl adjacent to an activating group) is 1. The Kier molecular flexibility index (Phi) is 3.51. The van der Waals surface area contributed by atoms with Gasteiger partial charge in [0.05, 0.1) is 0 Å². The fourth-order valence-corrected chi connectivity index (χ4v) is 1.64. The number of hydrogen-bond acceptors (Lipinski definition) is 3. The first-order chi connectivity index (χ1) is 7.45. The van der Waals surface area contributed by atoms with Gasteiger partial charge in [0.15, 0.2) is 0 Å². The zero-order valence-electron chi connectivity index (χ0n) is 9.79. The third kappa shape index (κ3) is 2.00. The van der Waals surface area contributed by atoms with Gasteiger partial charge in [-0.25, -0.2) is 4.79 Å². The van der Waals surface area contributed by atoms with Crippen molar-refractivity contribution in [2.75, 3.05) is 13.1 Å². The van der Waals surface area contributed by atoms with Crippen molar-refractivity contribution in [1.82, 2.24) is 15.5 Å². The highest BCUT2D eigenvalue weighted by Crippen LogP contribution is 2.24. The van der Waals surface area contributed by atoms with Crippen LogP contribution in [0.3, 0.4) is 0 Å². The molecule has 1 heterocycles. The molecule has 0 radical (unpaired) electrons. The van der Waals surface area contributed by atoms with E-state index in [4.69, 9.17) is 0 Å². The van der Waals surface area contributed by atoms with Crippen molar-refractivity contribution in [2.24, 2.45) is 0 Å². The fraction of sp³-hybridized carbons (Fsp3) is 0.700. The summed E-state index contributed by atoms with van der Waals surface area (Å²) in [6, 6.07) is -0.499. The van der Waals surface area contributed by atoms with Crippen LogP contribution in [0.2, 0.25) is 0 Å². The third-order valence-electron chi connectivity index (χ3n) is 2.91. The third-order valence-corrected chi connectivity index (χ3v) is 2.91. The van der Waals surface area contributed by atoms with Crippen LogP contribution in [0.15, 0.2) is 0 Å².